The largest absolute Gasteiger partial charge is 0.457 e. The number of benzene rings is 12. The van der Waals surface area contributed by atoms with Gasteiger partial charge in [-0.3, -0.25) is 12.9 Å². The first-order valence-corrected chi connectivity index (χ1v) is 35.8. The number of rotatable bonds is 11. The van der Waals surface area contributed by atoms with Crippen LogP contribution in [-0.2, 0) is 0 Å². The fraction of sp³-hybridized carbons (Fsp3) is 0.0380. The summed E-state index contributed by atoms with van der Waals surface area (Å²) >= 11 is 5.17. The van der Waals surface area contributed by atoms with Crippen molar-refractivity contribution in [2.75, 3.05) is 46.8 Å². The van der Waals surface area contributed by atoms with Crippen molar-refractivity contribution in [1.82, 2.24) is 9.97 Å². The summed E-state index contributed by atoms with van der Waals surface area (Å²) in [4.78, 5) is 13.1. The van der Waals surface area contributed by atoms with Crippen LogP contribution in [0.2, 0.25) is 0 Å². The Hall–Kier alpha value is -10.8. The summed E-state index contributed by atoms with van der Waals surface area (Å²) < 4.78 is 28.1. The van der Waals surface area contributed by atoms with Crippen LogP contribution in [0.3, 0.4) is 0 Å². The molecule has 0 spiro atoms. The number of ether oxygens (including phenoxy) is 3. The molecule has 0 bridgehead atoms. The van der Waals surface area contributed by atoms with E-state index in [1.54, 1.807) is 35.8 Å². The average Bonchev–Trinajstić information content (AvgIpc) is 1.10. The minimum atomic E-state index is -0.237. The molecule has 0 atom stereocenters. The number of hydrogen-bond donors (Lipinski definition) is 3. The maximum Gasteiger partial charge on any atom is 0.272 e. The summed E-state index contributed by atoms with van der Waals surface area (Å²) in [5, 5.41) is 6.42. The number of anilines is 14. The van der Waals surface area contributed by atoms with Crippen LogP contribution in [0.1, 0.15) is 0 Å². The third-order valence-electron chi connectivity index (χ3n) is 19.9. The average molecular weight is 1290 g/mol. The van der Waals surface area contributed by atoms with E-state index < -0.39 is 0 Å². The van der Waals surface area contributed by atoms with E-state index in [9.17, 15) is 0 Å². The Bertz CT molecular complexity index is 5540. The van der Waals surface area contributed by atoms with E-state index in [0.29, 0.717) is 0 Å². The van der Waals surface area contributed by atoms with E-state index in [-0.39, 0.29) is 20.1 Å². The Morgan fingerprint density at radius 1 is 0.302 bits per heavy atom. The van der Waals surface area contributed by atoms with Crippen LogP contribution < -0.4 is 91.7 Å². The zero-order valence-electron chi connectivity index (χ0n) is 52.2. The number of fused-ring (bicyclic) bond motifs is 16. The van der Waals surface area contributed by atoms with Crippen LogP contribution in [0, 0.1) is 0 Å². The van der Waals surface area contributed by atoms with Gasteiger partial charge in [0, 0.05) is 139 Å². The summed E-state index contributed by atoms with van der Waals surface area (Å²) in [6.45, 7) is -0.657. The molecule has 11 nitrogen and oxygen atoms in total. The standard InChI is InChI=1S/C79H55B3N8O3S3/c1-94-88-65-45-63-57(81-73-64(83-63)37-52(91-49-27-13-6-14-28-49)38-68(73)86(47-23-9-4-10-24-47)76-55-33-19-21-35-61(55)84-78(76)81)43-58(65)80-59-44-60-67(46-66(59)89(95-2)72-42-54(41-71(88)75(72)80)93-51-31-17-8-18-32-51)90(96-3)70-40-53(92-50-29-15-7-16-30-50)39-69-74(70)82(60)79-77(56-34-20-22-36-62(56)85-79)87(69)48-25-11-5-12-26-48/h4-46,83-85H,1-3H3. The second-order valence-electron chi connectivity index (χ2n) is 24.9. The molecule has 17 heteroatoms. The summed E-state index contributed by atoms with van der Waals surface area (Å²) in [6.07, 6.45) is 6.59. The molecule has 14 aromatic rings. The Balaban J connectivity index is 0.850. The molecule has 0 radical (unpaired) electrons. The maximum absolute atomic E-state index is 6.96. The van der Waals surface area contributed by atoms with Gasteiger partial charge in [-0.25, -0.2) is 0 Å². The number of aromatic amines is 2. The van der Waals surface area contributed by atoms with E-state index in [0.717, 1.165) is 147 Å². The van der Waals surface area contributed by atoms with E-state index >= 15 is 0 Å². The highest BCUT2D eigenvalue weighted by Gasteiger charge is 2.51. The van der Waals surface area contributed by atoms with Gasteiger partial charge in [-0.2, -0.15) is 0 Å². The van der Waals surface area contributed by atoms with Crippen LogP contribution in [0.25, 0.3) is 21.8 Å². The minimum Gasteiger partial charge on any atom is -0.457 e. The van der Waals surface area contributed by atoms with Crippen LogP contribution in [0.5, 0.6) is 34.5 Å². The second kappa shape index (κ2) is 21.6. The van der Waals surface area contributed by atoms with Gasteiger partial charge in [-0.15, -0.1) is 0 Å². The van der Waals surface area contributed by atoms with Crippen molar-refractivity contribution in [3.05, 3.63) is 261 Å². The van der Waals surface area contributed by atoms with Crippen molar-refractivity contribution in [2.24, 2.45) is 0 Å². The molecule has 8 heterocycles. The van der Waals surface area contributed by atoms with Crippen molar-refractivity contribution in [1.29, 1.82) is 0 Å². The zero-order chi connectivity index (χ0) is 63.4. The third kappa shape index (κ3) is 8.23. The Kier molecular flexibility index (Phi) is 12.5. The summed E-state index contributed by atoms with van der Waals surface area (Å²) in [7, 11) is 0. The fourth-order valence-electron chi connectivity index (χ4n) is 16.2. The summed E-state index contributed by atoms with van der Waals surface area (Å²) in [5.41, 5.74) is 28.1. The van der Waals surface area contributed by atoms with Gasteiger partial charge in [0.05, 0.1) is 28.4 Å². The van der Waals surface area contributed by atoms with Crippen molar-refractivity contribution < 1.29 is 14.2 Å². The van der Waals surface area contributed by atoms with Crippen molar-refractivity contribution in [2.45, 2.75) is 0 Å². The molecular formula is C79H55B3N8O3S3. The van der Waals surface area contributed by atoms with Gasteiger partial charge in [0.25, 0.3) is 20.1 Å². The molecule has 20 rings (SSSR count). The van der Waals surface area contributed by atoms with E-state index in [2.05, 4.69) is 227 Å². The Morgan fingerprint density at radius 2 is 0.667 bits per heavy atom. The molecule has 0 saturated carbocycles. The van der Waals surface area contributed by atoms with Crippen molar-refractivity contribution in [3.8, 4) is 34.5 Å². The van der Waals surface area contributed by atoms with Crippen LogP contribution in [0.4, 0.5) is 79.6 Å². The van der Waals surface area contributed by atoms with Gasteiger partial charge in [0.1, 0.15) is 34.5 Å². The number of nitrogens with one attached hydrogen (secondary N) is 3. The van der Waals surface area contributed by atoms with E-state index in [1.807, 2.05) is 91.0 Å². The first kappa shape index (κ1) is 55.6. The van der Waals surface area contributed by atoms with Gasteiger partial charge in [0.15, 0.2) is 0 Å². The smallest absolute Gasteiger partial charge is 0.272 e. The molecule has 2 aromatic heterocycles. The molecular weight excluding hydrogens is 1240 g/mol. The highest BCUT2D eigenvalue weighted by Crippen LogP contribution is 2.52. The molecule has 0 fully saturated rings. The molecule has 3 N–H and O–H groups in total. The summed E-state index contributed by atoms with van der Waals surface area (Å²) in [5.74, 6) is 4.57. The number of para-hydroxylation sites is 7. The van der Waals surface area contributed by atoms with Crippen LogP contribution >= 0.6 is 35.8 Å². The zero-order valence-corrected chi connectivity index (χ0v) is 54.7. The van der Waals surface area contributed by atoms with Gasteiger partial charge in [-0.05, 0) is 159 Å². The molecule has 12 aromatic carbocycles. The minimum absolute atomic E-state index is 0.208. The lowest BCUT2D eigenvalue weighted by Crippen LogP contribution is -2.66. The lowest BCUT2D eigenvalue weighted by molar-refractivity contribution is 0.483. The van der Waals surface area contributed by atoms with Crippen LogP contribution in [0.15, 0.2) is 261 Å². The van der Waals surface area contributed by atoms with E-state index in [4.69, 9.17) is 14.2 Å². The molecule has 0 saturated heterocycles. The predicted octanol–water partition coefficient (Wildman–Crippen LogP) is 15.4. The monoisotopic (exact) mass is 1290 g/mol. The van der Waals surface area contributed by atoms with Crippen LogP contribution in [-0.4, -0.2) is 48.9 Å². The Morgan fingerprint density at radius 3 is 1.14 bits per heavy atom. The molecule has 6 aliphatic heterocycles. The van der Waals surface area contributed by atoms with E-state index in [1.165, 1.54) is 38.2 Å². The topological polar surface area (TPSA) is 87.5 Å². The van der Waals surface area contributed by atoms with Gasteiger partial charge in [0.2, 0.25) is 0 Å². The molecule has 96 heavy (non-hydrogen) atoms. The van der Waals surface area contributed by atoms with Gasteiger partial charge >= 0.3 is 0 Å². The lowest BCUT2D eigenvalue weighted by atomic mass is 9.30. The molecule has 6 aliphatic rings. The number of nitrogens with zero attached hydrogens (tertiary/aromatic N) is 5. The first-order chi connectivity index (χ1) is 47.5. The van der Waals surface area contributed by atoms with Crippen molar-refractivity contribution in [3.63, 3.8) is 0 Å². The summed E-state index contributed by atoms with van der Waals surface area (Å²) in [6, 6.07) is 93.1. The maximum atomic E-state index is 6.96. The molecule has 0 aliphatic carbocycles. The number of hydrogen-bond acceptors (Lipinski definition) is 12. The van der Waals surface area contributed by atoms with Gasteiger partial charge in [-0.1, -0.05) is 140 Å². The predicted molar refractivity (Wildman–Crippen MR) is 409 cm³/mol. The quantitative estimate of drug-likeness (QED) is 0.0852. The highest BCUT2D eigenvalue weighted by molar-refractivity contribution is 8.01. The third-order valence-corrected chi connectivity index (χ3v) is 22.1. The lowest BCUT2D eigenvalue weighted by Gasteiger charge is -2.46. The second-order valence-corrected chi connectivity index (χ2v) is 27.1. The first-order valence-electron chi connectivity index (χ1n) is 32.3. The SMILES string of the molecule is CSN1c2cc3c(cc2B2c4cc5c(cc4N(SC)c4cc(Oc6ccccc6)cc1c42)N(SC)c1cc(Oc2ccccc2)cc2c1B5c1[nH]c4ccccc4c1N2c1ccccc1)B1c2[nH]c4ccccc4c2N(c2ccccc2)c2cc(Oc4ccccc4)cc(c21)N3. The highest BCUT2D eigenvalue weighted by atomic mass is 32.2. The Labute approximate surface area is 569 Å². The molecule has 0 unspecified atom stereocenters. The van der Waals surface area contributed by atoms with Crippen molar-refractivity contribution >= 4 is 207 Å². The molecule has 456 valence electrons. The molecule has 0 amide bonds. The van der Waals surface area contributed by atoms with Gasteiger partial charge < -0.3 is 39.3 Å². The number of H-pyrrole nitrogens is 2. The fourth-order valence-corrected chi connectivity index (χ4v) is 18.3. The normalized spacial score (nSPS) is 13.8. The number of aromatic nitrogens is 2.